The molecule has 2 unspecified atom stereocenters. The third-order valence-corrected chi connectivity index (χ3v) is 6.91. The Kier molecular flexibility index (Phi) is 7.77. The van der Waals surface area contributed by atoms with Crippen molar-refractivity contribution in [3.63, 3.8) is 0 Å². The van der Waals surface area contributed by atoms with Crippen LogP contribution < -0.4 is 10.3 Å². The van der Waals surface area contributed by atoms with Crippen LogP contribution in [0.15, 0.2) is 18.2 Å². The number of piperazine rings is 1. The Morgan fingerprint density at radius 1 is 1.06 bits per heavy atom. The Balaban J connectivity index is 1.04. The molecular weight excluding hydrogens is 492 g/mol. The number of aliphatic hydroxyl groups is 1. The van der Waals surface area contributed by atoms with Gasteiger partial charge >= 0.3 is 0 Å². The van der Waals surface area contributed by atoms with E-state index < -0.39 is 30.1 Å². The molecule has 1 aromatic heterocycles. The number of hydrogen-bond acceptors (Lipinski definition) is 11. The van der Waals surface area contributed by atoms with Gasteiger partial charge < -0.3 is 38.4 Å². The number of anilines is 1. The molecule has 4 fully saturated rings. The molecule has 5 heterocycles. The first-order chi connectivity index (χ1) is 17.1. The number of aliphatic hydroxyl groups excluding tert-OH is 1. The molecule has 1 aromatic rings. The van der Waals surface area contributed by atoms with E-state index in [0.717, 1.165) is 32.0 Å². The minimum absolute atomic E-state index is 0.165. The van der Waals surface area contributed by atoms with Crippen LogP contribution in [0.1, 0.15) is 27.7 Å². The molecule has 0 aliphatic carbocycles. The van der Waals surface area contributed by atoms with E-state index >= 15 is 0 Å². The molecule has 202 valence electrons. The Morgan fingerprint density at radius 3 is 2.50 bits per heavy atom. The molecule has 2 N–H and O–H groups in total. The van der Waals surface area contributed by atoms with E-state index in [1.165, 1.54) is 0 Å². The highest BCUT2D eigenvalue weighted by Crippen LogP contribution is 2.44. The zero-order valence-electron chi connectivity index (χ0n) is 21.3. The van der Waals surface area contributed by atoms with Gasteiger partial charge in [-0.15, -0.1) is 0 Å². The van der Waals surface area contributed by atoms with Gasteiger partial charge in [0.2, 0.25) is 0 Å². The fraction of sp³-hybridized carbons (Fsp3) is 0.792. The lowest BCUT2D eigenvalue weighted by molar-refractivity contribution is -0.243. The summed E-state index contributed by atoms with van der Waals surface area (Å²) < 4.78 is 36.2. The second-order valence-corrected chi connectivity index (χ2v) is 10.9. The summed E-state index contributed by atoms with van der Waals surface area (Å²) in [6.07, 6.45) is -2.66. The third kappa shape index (κ3) is 6.12. The van der Waals surface area contributed by atoms with Gasteiger partial charge in [-0.1, -0.05) is 17.7 Å². The van der Waals surface area contributed by atoms with Gasteiger partial charge in [0.1, 0.15) is 35.4 Å². The van der Waals surface area contributed by atoms with E-state index in [0.29, 0.717) is 11.7 Å². The van der Waals surface area contributed by atoms with Crippen molar-refractivity contribution in [1.82, 2.24) is 15.4 Å². The van der Waals surface area contributed by atoms with Crippen molar-refractivity contribution in [2.75, 3.05) is 50.8 Å². The predicted molar refractivity (Wildman–Crippen MR) is 130 cm³/mol. The second kappa shape index (κ2) is 10.6. The highest BCUT2D eigenvalue weighted by Gasteiger charge is 2.60. The van der Waals surface area contributed by atoms with Crippen molar-refractivity contribution < 1.29 is 33.5 Å². The lowest BCUT2D eigenvalue weighted by Gasteiger charge is -2.37. The maximum absolute atomic E-state index is 10.5. The molecule has 0 spiro atoms. The number of ether oxygens (including phenoxy) is 6. The largest absolute Gasteiger partial charge is 0.389 e. The Morgan fingerprint density at radius 2 is 1.75 bits per heavy atom. The summed E-state index contributed by atoms with van der Waals surface area (Å²) in [4.78, 5) is 6.57. The van der Waals surface area contributed by atoms with Crippen molar-refractivity contribution in [1.29, 1.82) is 0 Å². The summed E-state index contributed by atoms with van der Waals surface area (Å²) in [5.74, 6) is -0.630. The highest BCUT2D eigenvalue weighted by atomic mass is 35.5. The summed E-state index contributed by atoms with van der Waals surface area (Å²) in [7, 11) is 0. The SMILES string of the molecule is CC1(C)O[C@H]2OC(COCC(O)CNN3CCN(c4cccc(Cl)n4)CC3)[C@@H]3OC(C)(C)O[C@@H]3[C@H]2O1. The van der Waals surface area contributed by atoms with Crippen molar-refractivity contribution in [2.45, 2.75) is 76.1 Å². The van der Waals surface area contributed by atoms with Gasteiger partial charge in [0.15, 0.2) is 17.9 Å². The number of rotatable bonds is 8. The van der Waals surface area contributed by atoms with Crippen molar-refractivity contribution in [3.8, 4) is 0 Å². The molecule has 4 aliphatic rings. The van der Waals surface area contributed by atoms with Crippen LogP contribution in [0, 0.1) is 0 Å². The summed E-state index contributed by atoms with van der Waals surface area (Å²) in [5, 5.41) is 13.1. The minimum atomic E-state index is -0.760. The molecule has 11 nitrogen and oxygen atoms in total. The number of hydrazine groups is 1. The van der Waals surface area contributed by atoms with E-state index in [4.69, 9.17) is 40.0 Å². The molecule has 0 aromatic carbocycles. The molecule has 4 aliphatic heterocycles. The number of pyridine rings is 1. The number of halogens is 1. The first-order valence-electron chi connectivity index (χ1n) is 12.6. The topological polar surface area (TPSA) is 107 Å². The van der Waals surface area contributed by atoms with E-state index in [-0.39, 0.29) is 31.5 Å². The average Bonchev–Trinajstić information content (AvgIpc) is 3.32. The predicted octanol–water partition coefficient (Wildman–Crippen LogP) is 1.14. The van der Waals surface area contributed by atoms with Crippen LogP contribution in [0.4, 0.5) is 5.82 Å². The number of fused-ring (bicyclic) bond motifs is 3. The summed E-state index contributed by atoms with van der Waals surface area (Å²) in [5.41, 5.74) is 3.30. The quantitative estimate of drug-likeness (QED) is 0.474. The van der Waals surface area contributed by atoms with Gasteiger partial charge in [-0.05, 0) is 39.8 Å². The second-order valence-electron chi connectivity index (χ2n) is 10.6. The first kappa shape index (κ1) is 26.5. The fourth-order valence-electron chi connectivity index (χ4n) is 5.11. The standard InChI is InChI=1S/C24H37ClN4O7/c1-23(2)33-19-16(32-22-21(20(19)34-23)35-24(3,4)36-22)14-31-13-15(30)12-26-29-10-8-28(9-11-29)18-7-5-6-17(25)27-18/h5-7,15-16,19-22,26,30H,8-14H2,1-4H3/t15?,16?,19-,20-,21+,22+/m0/s1. The molecule has 0 radical (unpaired) electrons. The molecule has 6 atom stereocenters. The van der Waals surface area contributed by atoms with Crippen LogP contribution in [-0.2, 0) is 28.4 Å². The van der Waals surface area contributed by atoms with E-state index in [1.807, 2.05) is 39.8 Å². The van der Waals surface area contributed by atoms with Gasteiger partial charge in [0, 0.05) is 32.7 Å². The van der Waals surface area contributed by atoms with Crippen LogP contribution >= 0.6 is 11.6 Å². The summed E-state index contributed by atoms with van der Waals surface area (Å²) in [6, 6.07) is 5.64. The first-order valence-corrected chi connectivity index (χ1v) is 12.9. The van der Waals surface area contributed by atoms with Gasteiger partial charge in [-0.3, -0.25) is 5.43 Å². The van der Waals surface area contributed by atoms with Crippen molar-refractivity contribution >= 4 is 17.4 Å². The summed E-state index contributed by atoms with van der Waals surface area (Å²) in [6.45, 7) is 11.5. The average molecular weight is 529 g/mol. The maximum Gasteiger partial charge on any atom is 0.190 e. The normalized spacial score (nSPS) is 34.4. The van der Waals surface area contributed by atoms with Crippen LogP contribution in [0.25, 0.3) is 0 Å². The van der Waals surface area contributed by atoms with E-state index in [2.05, 4.69) is 20.3 Å². The van der Waals surface area contributed by atoms with Crippen LogP contribution in [-0.4, -0.2) is 109 Å². The summed E-state index contributed by atoms with van der Waals surface area (Å²) >= 11 is 6.01. The Labute approximate surface area is 216 Å². The third-order valence-electron chi connectivity index (χ3n) is 6.70. The van der Waals surface area contributed by atoms with E-state index in [1.54, 1.807) is 6.07 Å². The molecular formula is C24H37ClN4O7. The molecule has 5 rings (SSSR count). The number of hydrogen-bond donors (Lipinski definition) is 2. The molecule has 0 saturated carbocycles. The van der Waals surface area contributed by atoms with Crippen LogP contribution in [0.3, 0.4) is 0 Å². The molecule has 12 heteroatoms. The molecule has 0 amide bonds. The smallest absolute Gasteiger partial charge is 0.190 e. The lowest BCUT2D eigenvalue weighted by atomic mass is 9.99. The van der Waals surface area contributed by atoms with Gasteiger partial charge in [0.25, 0.3) is 0 Å². The number of nitrogens with one attached hydrogen (secondary N) is 1. The van der Waals surface area contributed by atoms with Crippen molar-refractivity contribution in [2.24, 2.45) is 0 Å². The zero-order valence-corrected chi connectivity index (χ0v) is 22.0. The monoisotopic (exact) mass is 528 g/mol. The Bertz CT molecular complexity index is 901. The molecule has 36 heavy (non-hydrogen) atoms. The van der Waals surface area contributed by atoms with Crippen LogP contribution in [0.2, 0.25) is 5.15 Å². The number of nitrogens with zero attached hydrogens (tertiary/aromatic N) is 3. The van der Waals surface area contributed by atoms with Gasteiger partial charge in [-0.2, -0.15) is 0 Å². The number of aromatic nitrogens is 1. The molecule has 4 saturated heterocycles. The maximum atomic E-state index is 10.5. The minimum Gasteiger partial charge on any atom is -0.389 e. The Hall–Kier alpha value is -1.12. The highest BCUT2D eigenvalue weighted by molar-refractivity contribution is 6.29. The fourth-order valence-corrected chi connectivity index (χ4v) is 5.27. The van der Waals surface area contributed by atoms with Gasteiger partial charge in [-0.25, -0.2) is 9.99 Å². The zero-order chi connectivity index (χ0) is 25.5. The van der Waals surface area contributed by atoms with Crippen molar-refractivity contribution in [3.05, 3.63) is 23.4 Å². The van der Waals surface area contributed by atoms with Gasteiger partial charge in [0.05, 0.1) is 19.3 Å². The van der Waals surface area contributed by atoms with E-state index in [9.17, 15) is 5.11 Å². The lowest BCUT2D eigenvalue weighted by Crippen LogP contribution is -2.56. The van der Waals surface area contributed by atoms with Crippen LogP contribution in [0.5, 0.6) is 0 Å². The molecule has 0 bridgehead atoms.